The standard InChI is InChI=1S/C12H20N2OS/c1-9(2)10-7-13-11(16)14(10)8-12(15-3)5-4-6-12/h7,9H,4-6,8H2,1-3H3,(H,13,16). The molecule has 0 aromatic carbocycles. The number of hydrogen-bond donors (Lipinski definition) is 1. The molecule has 0 spiro atoms. The van der Waals surface area contributed by atoms with E-state index in [-0.39, 0.29) is 5.60 Å². The number of methoxy groups -OCH3 is 1. The van der Waals surface area contributed by atoms with Crippen LogP contribution in [0.5, 0.6) is 0 Å². The summed E-state index contributed by atoms with van der Waals surface area (Å²) in [6.45, 7) is 5.27. The van der Waals surface area contributed by atoms with E-state index in [2.05, 4.69) is 23.4 Å². The number of rotatable bonds is 4. The van der Waals surface area contributed by atoms with E-state index in [4.69, 9.17) is 17.0 Å². The second kappa shape index (κ2) is 4.34. The summed E-state index contributed by atoms with van der Waals surface area (Å²) >= 11 is 5.33. The molecule has 0 aliphatic heterocycles. The van der Waals surface area contributed by atoms with Crippen LogP contribution in [0.15, 0.2) is 6.20 Å². The van der Waals surface area contributed by atoms with Gasteiger partial charge in [-0.25, -0.2) is 0 Å². The number of nitrogens with one attached hydrogen (secondary N) is 1. The van der Waals surface area contributed by atoms with Gasteiger partial charge in [0.15, 0.2) is 4.77 Å². The third-order valence-electron chi connectivity index (χ3n) is 3.64. The molecule has 1 aliphatic rings. The first-order chi connectivity index (χ1) is 7.58. The van der Waals surface area contributed by atoms with Gasteiger partial charge in [-0.05, 0) is 37.4 Å². The van der Waals surface area contributed by atoms with Crippen molar-refractivity contribution in [2.45, 2.75) is 51.2 Å². The minimum atomic E-state index is 0.0318. The monoisotopic (exact) mass is 240 g/mol. The van der Waals surface area contributed by atoms with Crippen molar-refractivity contribution in [2.24, 2.45) is 0 Å². The minimum Gasteiger partial charge on any atom is -0.376 e. The van der Waals surface area contributed by atoms with Crippen LogP contribution in [0.4, 0.5) is 0 Å². The highest BCUT2D eigenvalue weighted by molar-refractivity contribution is 7.71. The first kappa shape index (κ1) is 11.9. The zero-order valence-electron chi connectivity index (χ0n) is 10.2. The molecule has 1 saturated carbocycles. The molecule has 90 valence electrons. The summed E-state index contributed by atoms with van der Waals surface area (Å²) in [5.41, 5.74) is 1.30. The zero-order valence-corrected chi connectivity index (χ0v) is 11.1. The SMILES string of the molecule is COC1(Cn2c(C(C)C)c[nH]c2=S)CCC1. The van der Waals surface area contributed by atoms with E-state index in [0.29, 0.717) is 5.92 Å². The van der Waals surface area contributed by atoms with Crippen LogP contribution in [0.25, 0.3) is 0 Å². The Labute approximate surface area is 102 Å². The molecule has 1 heterocycles. The van der Waals surface area contributed by atoms with E-state index in [1.54, 1.807) is 0 Å². The summed E-state index contributed by atoms with van der Waals surface area (Å²) in [7, 11) is 1.81. The Bertz CT molecular complexity index is 409. The Hall–Kier alpha value is -0.610. The summed E-state index contributed by atoms with van der Waals surface area (Å²) < 4.78 is 8.66. The van der Waals surface area contributed by atoms with Crippen molar-refractivity contribution in [3.8, 4) is 0 Å². The molecule has 0 saturated heterocycles. The molecule has 1 aliphatic carbocycles. The van der Waals surface area contributed by atoms with Crippen LogP contribution < -0.4 is 0 Å². The van der Waals surface area contributed by atoms with Gasteiger partial charge >= 0.3 is 0 Å². The van der Waals surface area contributed by atoms with Crippen LogP contribution in [-0.4, -0.2) is 22.3 Å². The van der Waals surface area contributed by atoms with Gasteiger partial charge < -0.3 is 14.3 Å². The molecule has 0 bridgehead atoms. The third-order valence-corrected chi connectivity index (χ3v) is 3.97. The Kier molecular flexibility index (Phi) is 3.22. The normalized spacial score (nSPS) is 18.8. The van der Waals surface area contributed by atoms with E-state index in [1.807, 2.05) is 13.3 Å². The van der Waals surface area contributed by atoms with Crippen LogP contribution >= 0.6 is 12.2 Å². The molecule has 2 rings (SSSR count). The topological polar surface area (TPSA) is 29.9 Å². The molecule has 1 aromatic rings. The van der Waals surface area contributed by atoms with Crippen LogP contribution in [0.2, 0.25) is 0 Å². The largest absolute Gasteiger partial charge is 0.376 e. The summed E-state index contributed by atoms with van der Waals surface area (Å²) in [5, 5.41) is 0. The lowest BCUT2D eigenvalue weighted by atomic mass is 9.80. The van der Waals surface area contributed by atoms with Crippen molar-refractivity contribution < 1.29 is 4.74 Å². The molecule has 1 fully saturated rings. The fraction of sp³-hybridized carbons (Fsp3) is 0.750. The number of imidazole rings is 1. The van der Waals surface area contributed by atoms with Crippen LogP contribution in [0, 0.1) is 4.77 Å². The van der Waals surface area contributed by atoms with E-state index < -0.39 is 0 Å². The van der Waals surface area contributed by atoms with E-state index in [1.165, 1.54) is 12.1 Å². The highest BCUT2D eigenvalue weighted by atomic mass is 32.1. The van der Waals surface area contributed by atoms with Crippen molar-refractivity contribution in [3.05, 3.63) is 16.7 Å². The van der Waals surface area contributed by atoms with Crippen molar-refractivity contribution in [1.82, 2.24) is 9.55 Å². The lowest BCUT2D eigenvalue weighted by molar-refractivity contribution is -0.0842. The number of aromatic amines is 1. The van der Waals surface area contributed by atoms with Gasteiger partial charge in [0.1, 0.15) is 0 Å². The summed E-state index contributed by atoms with van der Waals surface area (Å²) in [6.07, 6.45) is 5.58. The quantitative estimate of drug-likeness (QED) is 0.819. The van der Waals surface area contributed by atoms with Crippen LogP contribution in [0.3, 0.4) is 0 Å². The molecule has 1 N–H and O–H groups in total. The smallest absolute Gasteiger partial charge is 0.177 e. The van der Waals surface area contributed by atoms with E-state index in [0.717, 1.165) is 24.2 Å². The van der Waals surface area contributed by atoms with Gasteiger partial charge in [0.2, 0.25) is 0 Å². The van der Waals surface area contributed by atoms with Crippen molar-refractivity contribution in [3.63, 3.8) is 0 Å². The molecule has 3 nitrogen and oxygen atoms in total. The van der Waals surface area contributed by atoms with Gasteiger partial charge in [0.05, 0.1) is 12.1 Å². The fourth-order valence-corrected chi connectivity index (χ4v) is 2.57. The Morgan fingerprint density at radius 2 is 2.25 bits per heavy atom. The van der Waals surface area contributed by atoms with E-state index >= 15 is 0 Å². The summed E-state index contributed by atoms with van der Waals surface area (Å²) in [5.74, 6) is 0.488. The average Bonchev–Trinajstić information content (AvgIpc) is 2.54. The second-order valence-electron chi connectivity index (χ2n) is 5.00. The maximum absolute atomic E-state index is 5.66. The average molecular weight is 240 g/mol. The van der Waals surface area contributed by atoms with Crippen molar-refractivity contribution in [1.29, 1.82) is 0 Å². The molecule has 0 unspecified atom stereocenters. The molecular formula is C12H20N2OS. The van der Waals surface area contributed by atoms with Gasteiger partial charge in [0, 0.05) is 19.0 Å². The van der Waals surface area contributed by atoms with Crippen LogP contribution in [0.1, 0.15) is 44.7 Å². The van der Waals surface area contributed by atoms with Crippen molar-refractivity contribution in [2.75, 3.05) is 7.11 Å². The Balaban J connectivity index is 2.26. The van der Waals surface area contributed by atoms with Gasteiger partial charge in [-0.3, -0.25) is 0 Å². The number of H-pyrrole nitrogens is 1. The van der Waals surface area contributed by atoms with Crippen LogP contribution in [-0.2, 0) is 11.3 Å². The first-order valence-corrected chi connectivity index (χ1v) is 6.32. The number of ether oxygens (including phenoxy) is 1. The van der Waals surface area contributed by atoms with E-state index in [9.17, 15) is 0 Å². The highest BCUT2D eigenvalue weighted by Gasteiger charge is 2.38. The number of nitrogens with zero attached hydrogens (tertiary/aromatic N) is 1. The van der Waals surface area contributed by atoms with Gasteiger partial charge in [0.25, 0.3) is 0 Å². The van der Waals surface area contributed by atoms with Gasteiger partial charge in [-0.1, -0.05) is 13.8 Å². The predicted octanol–water partition coefficient (Wildman–Crippen LogP) is 3.24. The molecule has 0 radical (unpaired) electrons. The molecular weight excluding hydrogens is 220 g/mol. The molecule has 1 aromatic heterocycles. The third kappa shape index (κ3) is 1.96. The number of aromatic nitrogens is 2. The minimum absolute atomic E-state index is 0.0318. The highest BCUT2D eigenvalue weighted by Crippen LogP contribution is 2.37. The Morgan fingerprint density at radius 3 is 2.69 bits per heavy atom. The molecule has 4 heteroatoms. The second-order valence-corrected chi connectivity index (χ2v) is 5.39. The summed E-state index contributed by atoms with van der Waals surface area (Å²) in [4.78, 5) is 3.14. The molecule has 0 atom stereocenters. The molecule has 16 heavy (non-hydrogen) atoms. The summed E-state index contributed by atoms with van der Waals surface area (Å²) in [6, 6.07) is 0. The lowest BCUT2D eigenvalue weighted by Crippen LogP contribution is -2.43. The maximum atomic E-state index is 5.66. The molecule has 0 amide bonds. The first-order valence-electron chi connectivity index (χ1n) is 5.91. The Morgan fingerprint density at radius 1 is 1.56 bits per heavy atom. The van der Waals surface area contributed by atoms with Gasteiger partial charge in [-0.2, -0.15) is 0 Å². The maximum Gasteiger partial charge on any atom is 0.177 e. The van der Waals surface area contributed by atoms with Crippen molar-refractivity contribution >= 4 is 12.2 Å². The fourth-order valence-electron chi connectivity index (χ4n) is 2.34. The number of hydrogen-bond acceptors (Lipinski definition) is 2. The lowest BCUT2D eigenvalue weighted by Gasteiger charge is -2.41. The van der Waals surface area contributed by atoms with Gasteiger partial charge in [-0.15, -0.1) is 0 Å². The predicted molar refractivity (Wildman–Crippen MR) is 67.3 cm³/mol. The zero-order chi connectivity index (χ0) is 11.8.